The van der Waals surface area contributed by atoms with Crippen LogP contribution in [0.25, 0.3) is 0 Å². The third-order valence-corrected chi connectivity index (χ3v) is 10.3. The molecule has 0 saturated carbocycles. The van der Waals surface area contributed by atoms with Crippen LogP contribution in [-0.4, -0.2) is 37.2 Å². The third-order valence-electron chi connectivity index (χ3n) is 10.3. The SMILES string of the molecule is CC/C=C\C/C=C\C/C=C\CCCCCCCCC(=O)OCC(COC(=O)CCCCCCCCC/C=C\C/C=C\CC)OC(=O)CCCCCC/C=C\C/C=C\C/C=C\CC. The fourth-order valence-electron chi connectivity index (χ4n) is 6.62. The Morgan fingerprint density at radius 1 is 0.323 bits per heavy atom. The van der Waals surface area contributed by atoms with Crippen molar-refractivity contribution < 1.29 is 28.6 Å². The maximum absolute atomic E-state index is 12.8. The predicted octanol–water partition coefficient (Wildman–Crippen LogP) is 16.6. The van der Waals surface area contributed by atoms with E-state index in [1.165, 1.54) is 38.5 Å². The van der Waals surface area contributed by atoms with Crippen LogP contribution in [0.5, 0.6) is 0 Å². The first kappa shape index (κ1) is 58.3. The molecule has 62 heavy (non-hydrogen) atoms. The first-order chi connectivity index (χ1) is 30.5. The summed E-state index contributed by atoms with van der Waals surface area (Å²) in [6, 6.07) is 0. The van der Waals surface area contributed by atoms with E-state index in [9.17, 15) is 14.4 Å². The van der Waals surface area contributed by atoms with E-state index in [1.807, 2.05) is 0 Å². The van der Waals surface area contributed by atoms with Crippen LogP contribution in [0, 0.1) is 0 Å². The third kappa shape index (κ3) is 47.4. The van der Waals surface area contributed by atoms with Crippen molar-refractivity contribution in [1.82, 2.24) is 0 Å². The number of hydrogen-bond acceptors (Lipinski definition) is 6. The van der Waals surface area contributed by atoms with Crippen LogP contribution in [0.2, 0.25) is 0 Å². The van der Waals surface area contributed by atoms with Gasteiger partial charge in [-0.2, -0.15) is 0 Å². The number of carbonyl (C=O) groups is 3. The summed E-state index contributed by atoms with van der Waals surface area (Å²) in [6.07, 6.45) is 65.3. The highest BCUT2D eigenvalue weighted by Gasteiger charge is 2.19. The second-order valence-electron chi connectivity index (χ2n) is 16.3. The van der Waals surface area contributed by atoms with Crippen molar-refractivity contribution in [3.8, 4) is 0 Å². The van der Waals surface area contributed by atoms with Crippen LogP contribution in [0.3, 0.4) is 0 Å². The van der Waals surface area contributed by atoms with Crippen LogP contribution in [0.15, 0.2) is 97.2 Å². The van der Waals surface area contributed by atoms with Crippen molar-refractivity contribution in [3.05, 3.63) is 97.2 Å². The highest BCUT2D eigenvalue weighted by atomic mass is 16.6. The summed E-state index contributed by atoms with van der Waals surface area (Å²) in [5.41, 5.74) is 0. The molecule has 0 amide bonds. The topological polar surface area (TPSA) is 78.9 Å². The Morgan fingerprint density at radius 3 is 0.903 bits per heavy atom. The van der Waals surface area contributed by atoms with Crippen LogP contribution < -0.4 is 0 Å². The summed E-state index contributed by atoms with van der Waals surface area (Å²) in [7, 11) is 0. The molecule has 1 unspecified atom stereocenters. The molecule has 0 aromatic rings. The van der Waals surface area contributed by atoms with Crippen molar-refractivity contribution in [2.24, 2.45) is 0 Å². The van der Waals surface area contributed by atoms with Crippen LogP contribution in [0.1, 0.15) is 220 Å². The van der Waals surface area contributed by atoms with Gasteiger partial charge >= 0.3 is 17.9 Å². The quantitative estimate of drug-likeness (QED) is 0.0263. The van der Waals surface area contributed by atoms with Crippen molar-refractivity contribution in [2.45, 2.75) is 226 Å². The standard InChI is InChI=1S/C56H92O6/c1-4-7-10-13-16-19-22-25-28-29-32-34-37-40-43-46-49-55(58)61-52-53(62-56(59)50-47-44-41-38-35-31-27-24-21-18-15-12-9-6-3)51-60-54(57)48-45-42-39-36-33-30-26-23-20-17-14-11-8-5-2/h7-12,16-21,25,27-28,31,53H,4-6,13-15,22-24,26,29-30,32-52H2,1-3H3/b10-7-,11-8-,12-9-,19-16-,20-17-,21-18-,28-25-,31-27-. The summed E-state index contributed by atoms with van der Waals surface area (Å²) in [4.78, 5) is 38.0. The number of allylic oxidation sites excluding steroid dienone is 16. The molecule has 0 aliphatic heterocycles. The fourth-order valence-corrected chi connectivity index (χ4v) is 6.62. The zero-order chi connectivity index (χ0) is 45.1. The lowest BCUT2D eigenvalue weighted by Gasteiger charge is -2.18. The number of ether oxygens (including phenoxy) is 3. The summed E-state index contributed by atoms with van der Waals surface area (Å²) < 4.78 is 16.8. The maximum atomic E-state index is 12.8. The molecule has 6 nitrogen and oxygen atoms in total. The Bertz CT molecular complexity index is 1260. The normalized spacial score (nSPS) is 12.9. The van der Waals surface area contributed by atoms with Gasteiger partial charge in [-0.1, -0.05) is 189 Å². The molecule has 352 valence electrons. The molecule has 1 atom stereocenters. The molecule has 0 radical (unpaired) electrons. The smallest absolute Gasteiger partial charge is 0.306 e. The molecule has 0 bridgehead atoms. The van der Waals surface area contributed by atoms with Crippen LogP contribution >= 0.6 is 0 Å². The number of hydrogen-bond donors (Lipinski definition) is 0. The number of carbonyl (C=O) groups excluding carboxylic acids is 3. The highest BCUT2D eigenvalue weighted by Crippen LogP contribution is 2.13. The lowest BCUT2D eigenvalue weighted by molar-refractivity contribution is -0.167. The Hall–Kier alpha value is -3.67. The number of unbranched alkanes of at least 4 members (excludes halogenated alkanes) is 17. The molecule has 0 N–H and O–H groups in total. The summed E-state index contributed by atoms with van der Waals surface area (Å²) in [5, 5.41) is 0. The van der Waals surface area contributed by atoms with Gasteiger partial charge < -0.3 is 14.2 Å². The molecule has 0 fully saturated rings. The molecule has 0 aliphatic rings. The number of rotatable bonds is 44. The molecule has 0 heterocycles. The van der Waals surface area contributed by atoms with Crippen molar-refractivity contribution >= 4 is 17.9 Å². The van der Waals surface area contributed by atoms with Gasteiger partial charge in [0.05, 0.1) is 0 Å². The molecule has 6 heteroatoms. The Labute approximate surface area is 381 Å². The van der Waals surface area contributed by atoms with E-state index in [2.05, 4.69) is 118 Å². The van der Waals surface area contributed by atoms with Gasteiger partial charge in [0.2, 0.25) is 0 Å². The van der Waals surface area contributed by atoms with E-state index in [0.29, 0.717) is 19.3 Å². The molecule has 0 aromatic carbocycles. The van der Waals surface area contributed by atoms with Crippen LogP contribution in [-0.2, 0) is 28.6 Å². The van der Waals surface area contributed by atoms with Crippen molar-refractivity contribution in [1.29, 1.82) is 0 Å². The summed E-state index contributed by atoms with van der Waals surface area (Å²) in [6.45, 7) is 6.26. The van der Waals surface area contributed by atoms with Gasteiger partial charge in [-0.05, 0) is 109 Å². The molecule has 0 aliphatic carbocycles. The molecule has 0 aromatic heterocycles. The average molecular weight is 861 g/mol. The predicted molar refractivity (Wildman–Crippen MR) is 265 cm³/mol. The number of esters is 3. The Morgan fingerprint density at radius 2 is 0.581 bits per heavy atom. The lowest BCUT2D eigenvalue weighted by Crippen LogP contribution is -2.30. The highest BCUT2D eigenvalue weighted by molar-refractivity contribution is 5.71. The molecular weight excluding hydrogens is 769 g/mol. The van der Waals surface area contributed by atoms with Gasteiger partial charge in [-0.15, -0.1) is 0 Å². The van der Waals surface area contributed by atoms with Gasteiger partial charge in [-0.25, -0.2) is 0 Å². The van der Waals surface area contributed by atoms with E-state index < -0.39 is 6.10 Å². The second-order valence-corrected chi connectivity index (χ2v) is 16.3. The van der Waals surface area contributed by atoms with E-state index in [-0.39, 0.29) is 31.1 Å². The van der Waals surface area contributed by atoms with E-state index in [0.717, 1.165) is 141 Å². The van der Waals surface area contributed by atoms with Gasteiger partial charge in [0.25, 0.3) is 0 Å². The zero-order valence-electron chi connectivity index (χ0n) is 40.1. The second kappa shape index (κ2) is 50.0. The van der Waals surface area contributed by atoms with Crippen molar-refractivity contribution in [2.75, 3.05) is 13.2 Å². The largest absolute Gasteiger partial charge is 0.462 e. The first-order valence-corrected chi connectivity index (χ1v) is 25.2. The lowest BCUT2D eigenvalue weighted by atomic mass is 10.1. The Kier molecular flexibility index (Phi) is 47.0. The molecule has 0 rings (SSSR count). The zero-order valence-corrected chi connectivity index (χ0v) is 40.1. The monoisotopic (exact) mass is 861 g/mol. The van der Waals surface area contributed by atoms with Gasteiger partial charge in [-0.3, -0.25) is 14.4 Å². The van der Waals surface area contributed by atoms with Gasteiger partial charge in [0.1, 0.15) is 13.2 Å². The minimum atomic E-state index is -0.798. The van der Waals surface area contributed by atoms with Gasteiger partial charge in [0, 0.05) is 19.3 Å². The van der Waals surface area contributed by atoms with Gasteiger partial charge in [0.15, 0.2) is 6.10 Å². The molecular formula is C56H92O6. The van der Waals surface area contributed by atoms with E-state index >= 15 is 0 Å². The maximum Gasteiger partial charge on any atom is 0.306 e. The van der Waals surface area contributed by atoms with Crippen molar-refractivity contribution in [3.63, 3.8) is 0 Å². The minimum Gasteiger partial charge on any atom is -0.462 e. The van der Waals surface area contributed by atoms with E-state index in [1.54, 1.807) is 0 Å². The fraction of sp³-hybridized carbons (Fsp3) is 0.661. The molecule has 0 saturated heterocycles. The minimum absolute atomic E-state index is 0.0965. The average Bonchev–Trinajstić information content (AvgIpc) is 3.27. The van der Waals surface area contributed by atoms with Crippen LogP contribution in [0.4, 0.5) is 0 Å². The Balaban J connectivity index is 4.46. The first-order valence-electron chi connectivity index (χ1n) is 25.2. The molecule has 0 spiro atoms. The summed E-state index contributed by atoms with van der Waals surface area (Å²) >= 11 is 0. The summed E-state index contributed by atoms with van der Waals surface area (Å²) in [5.74, 6) is -0.944. The van der Waals surface area contributed by atoms with E-state index in [4.69, 9.17) is 14.2 Å².